The molecule has 13 heteroatoms. The van der Waals surface area contributed by atoms with E-state index in [1.54, 1.807) is 0 Å². The predicted octanol–water partition coefficient (Wildman–Crippen LogP) is -0.569. The number of amides is 1. The molecule has 0 unspecified atom stereocenters. The van der Waals surface area contributed by atoms with Crippen LogP contribution in [-0.4, -0.2) is 53.8 Å². The minimum absolute atomic E-state index is 0.298. The molecule has 0 fully saturated rings. The van der Waals surface area contributed by atoms with Gasteiger partial charge in [0.2, 0.25) is 5.88 Å². The van der Waals surface area contributed by atoms with Gasteiger partial charge in [0.1, 0.15) is 4.90 Å². The van der Waals surface area contributed by atoms with Gasteiger partial charge < -0.3 is 10.4 Å². The van der Waals surface area contributed by atoms with Crippen LogP contribution in [0.25, 0.3) is 5.69 Å². The second kappa shape index (κ2) is 5.86. The molecule has 0 aliphatic rings. The van der Waals surface area contributed by atoms with Crippen LogP contribution in [0.15, 0.2) is 34.1 Å². The van der Waals surface area contributed by atoms with E-state index in [2.05, 4.69) is 10.4 Å². The maximum Gasteiger partial charge on any atom is 0.296 e. The summed E-state index contributed by atoms with van der Waals surface area (Å²) in [5, 5.41) is 15.7. The van der Waals surface area contributed by atoms with Gasteiger partial charge in [-0.1, -0.05) is 0 Å². The van der Waals surface area contributed by atoms with E-state index in [0.717, 1.165) is 12.1 Å². The average molecular weight is 377 g/mol. The normalized spacial score (nSPS) is 12.1. The van der Waals surface area contributed by atoms with Gasteiger partial charge in [0.15, 0.2) is 5.69 Å². The molecule has 11 nitrogen and oxygen atoms in total. The highest BCUT2D eigenvalue weighted by atomic mass is 32.2. The zero-order valence-corrected chi connectivity index (χ0v) is 13.5. The first-order valence-corrected chi connectivity index (χ1v) is 8.93. The fraction of sp³-hybridized carbons (Fsp3) is 0.0909. The van der Waals surface area contributed by atoms with Gasteiger partial charge in [-0.3, -0.25) is 13.9 Å². The van der Waals surface area contributed by atoms with Gasteiger partial charge in [-0.05, 0) is 18.2 Å². The molecule has 0 radical (unpaired) electrons. The average Bonchev–Trinajstić information content (AvgIpc) is 2.85. The highest BCUT2D eigenvalue weighted by Gasteiger charge is 2.24. The van der Waals surface area contributed by atoms with Crippen LogP contribution < -0.4 is 5.32 Å². The highest BCUT2D eigenvalue weighted by molar-refractivity contribution is 7.86. The Balaban J connectivity index is 2.81. The lowest BCUT2D eigenvalue weighted by Gasteiger charge is -2.09. The van der Waals surface area contributed by atoms with E-state index in [0.29, 0.717) is 16.8 Å². The van der Waals surface area contributed by atoms with Gasteiger partial charge in [-0.2, -0.15) is 26.6 Å². The topological polar surface area (TPSA) is 176 Å². The maximum absolute atomic E-state index is 11.5. The zero-order valence-electron chi connectivity index (χ0n) is 11.9. The second-order valence-electron chi connectivity index (χ2n) is 4.46. The predicted molar refractivity (Wildman–Crippen MR) is 78.2 cm³/mol. The molecular weight excluding hydrogens is 366 g/mol. The van der Waals surface area contributed by atoms with Gasteiger partial charge in [0.25, 0.3) is 26.1 Å². The third-order valence-electron chi connectivity index (χ3n) is 2.88. The number of hydrogen-bond donors (Lipinski definition) is 4. The van der Waals surface area contributed by atoms with E-state index in [1.807, 2.05) is 0 Å². The molecule has 2 aromatic rings. The van der Waals surface area contributed by atoms with E-state index >= 15 is 0 Å². The van der Waals surface area contributed by atoms with E-state index in [9.17, 15) is 31.3 Å². The van der Waals surface area contributed by atoms with Crippen LogP contribution in [0.1, 0.15) is 10.5 Å². The van der Waals surface area contributed by atoms with Gasteiger partial charge >= 0.3 is 0 Å². The Hall–Kier alpha value is -2.48. The van der Waals surface area contributed by atoms with Crippen molar-refractivity contribution in [3.63, 3.8) is 0 Å². The highest BCUT2D eigenvalue weighted by Crippen LogP contribution is 2.27. The molecule has 1 aromatic carbocycles. The maximum atomic E-state index is 11.5. The Bertz CT molecular complexity index is 1020. The van der Waals surface area contributed by atoms with Crippen molar-refractivity contribution >= 4 is 26.1 Å². The van der Waals surface area contributed by atoms with E-state index in [4.69, 9.17) is 4.55 Å². The van der Waals surface area contributed by atoms with Crippen molar-refractivity contribution in [1.82, 2.24) is 15.1 Å². The Morgan fingerprint density at radius 1 is 1.12 bits per heavy atom. The summed E-state index contributed by atoms with van der Waals surface area (Å²) in [4.78, 5) is 10.0. The summed E-state index contributed by atoms with van der Waals surface area (Å²) in [6.07, 6.45) is 0. The lowest BCUT2D eigenvalue weighted by Crippen LogP contribution is -2.18. The quantitative estimate of drug-likeness (QED) is 0.508. The summed E-state index contributed by atoms with van der Waals surface area (Å²) in [6, 6.07) is 3.00. The van der Waals surface area contributed by atoms with Crippen molar-refractivity contribution in [3.05, 3.63) is 30.0 Å². The lowest BCUT2D eigenvalue weighted by atomic mass is 10.3. The number of nitrogens with zero attached hydrogens (tertiary/aromatic N) is 2. The van der Waals surface area contributed by atoms with E-state index < -0.39 is 47.5 Å². The lowest BCUT2D eigenvalue weighted by molar-refractivity contribution is 0.0957. The molecule has 4 N–H and O–H groups in total. The second-order valence-corrected chi connectivity index (χ2v) is 7.27. The number of carbonyl (C=O) groups excluding carboxylic acids is 1. The number of hydrogen-bond acceptors (Lipinski definition) is 7. The summed E-state index contributed by atoms with van der Waals surface area (Å²) in [5.74, 6) is -1.41. The third-order valence-corrected chi connectivity index (χ3v) is 4.64. The molecule has 0 aliphatic heterocycles. The summed E-state index contributed by atoms with van der Waals surface area (Å²) in [7, 11) is -8.23. The first-order chi connectivity index (χ1) is 10.9. The molecule has 0 atom stereocenters. The van der Waals surface area contributed by atoms with Crippen LogP contribution in [0.5, 0.6) is 5.88 Å². The SMILES string of the molecule is CNC(=O)c1cc(O)n(-c2cc(S(=O)(=O)O)ccc2S(=O)(=O)O)n1. The molecule has 0 spiro atoms. The van der Waals surface area contributed by atoms with Crippen LogP contribution in [0.4, 0.5) is 0 Å². The summed E-state index contributed by atoms with van der Waals surface area (Å²) in [5.41, 5.74) is -0.881. The number of nitrogens with one attached hydrogen (secondary N) is 1. The van der Waals surface area contributed by atoms with Crippen molar-refractivity contribution in [2.45, 2.75) is 9.79 Å². The van der Waals surface area contributed by atoms with Gasteiger partial charge in [-0.15, -0.1) is 0 Å². The molecule has 1 aromatic heterocycles. The molecule has 0 saturated carbocycles. The number of carbonyl (C=O) groups is 1. The zero-order chi connectivity index (χ0) is 18.3. The third kappa shape index (κ3) is 3.38. The molecular formula is C11H11N3O8S2. The number of aromatic nitrogens is 2. The fourth-order valence-corrected chi connectivity index (χ4v) is 2.98. The standard InChI is InChI=1S/C11H11N3O8S2/c1-12-11(16)7-5-10(15)14(13-7)8-4-6(23(17,18)19)2-3-9(8)24(20,21)22/h2-5,15H,1H3,(H,12,16)(H,17,18,19)(H,20,21,22). The van der Waals surface area contributed by atoms with Crippen molar-refractivity contribution in [2.24, 2.45) is 0 Å². The molecule has 2 rings (SSSR count). The Labute approximate surface area is 136 Å². The molecule has 1 heterocycles. The van der Waals surface area contributed by atoms with Crippen molar-refractivity contribution in [1.29, 1.82) is 0 Å². The molecule has 0 saturated heterocycles. The van der Waals surface area contributed by atoms with Crippen molar-refractivity contribution < 1.29 is 35.8 Å². The number of aromatic hydroxyl groups is 1. The molecule has 130 valence electrons. The first kappa shape index (κ1) is 17.9. The van der Waals surface area contributed by atoms with Crippen molar-refractivity contribution in [2.75, 3.05) is 7.05 Å². The Morgan fingerprint density at radius 2 is 1.75 bits per heavy atom. The van der Waals surface area contributed by atoms with Crippen molar-refractivity contribution in [3.8, 4) is 11.6 Å². The first-order valence-electron chi connectivity index (χ1n) is 6.05. The summed E-state index contributed by atoms with van der Waals surface area (Å²) in [6.45, 7) is 0. The van der Waals surface area contributed by atoms with Crippen LogP contribution in [0.2, 0.25) is 0 Å². The Kier molecular flexibility index (Phi) is 4.36. The van der Waals surface area contributed by atoms with Crippen LogP contribution in [0.3, 0.4) is 0 Å². The Morgan fingerprint density at radius 3 is 2.25 bits per heavy atom. The van der Waals surface area contributed by atoms with Gasteiger partial charge in [0.05, 0.1) is 10.6 Å². The van der Waals surface area contributed by atoms with Gasteiger partial charge in [0, 0.05) is 13.1 Å². The van der Waals surface area contributed by atoms with Crippen LogP contribution in [-0.2, 0) is 20.2 Å². The summed E-state index contributed by atoms with van der Waals surface area (Å²) >= 11 is 0. The molecule has 1 amide bonds. The van der Waals surface area contributed by atoms with Gasteiger partial charge in [-0.25, -0.2) is 0 Å². The summed E-state index contributed by atoms with van der Waals surface area (Å²) < 4.78 is 64.1. The molecule has 24 heavy (non-hydrogen) atoms. The van der Waals surface area contributed by atoms with E-state index in [1.165, 1.54) is 7.05 Å². The fourth-order valence-electron chi connectivity index (χ4n) is 1.83. The minimum atomic E-state index is -4.83. The molecule has 0 aliphatic carbocycles. The number of benzene rings is 1. The van der Waals surface area contributed by atoms with Crippen LogP contribution >= 0.6 is 0 Å². The largest absolute Gasteiger partial charge is 0.493 e. The van der Waals surface area contributed by atoms with Crippen LogP contribution in [0, 0.1) is 0 Å². The minimum Gasteiger partial charge on any atom is -0.493 e. The number of rotatable bonds is 4. The smallest absolute Gasteiger partial charge is 0.296 e. The van der Waals surface area contributed by atoms with E-state index in [-0.39, 0.29) is 5.69 Å². The monoisotopic (exact) mass is 377 g/mol. The molecule has 0 bridgehead atoms.